The van der Waals surface area contributed by atoms with Crippen LogP contribution in [0, 0.1) is 5.41 Å². The number of rotatable bonds is 7. The molecule has 0 fully saturated rings. The van der Waals surface area contributed by atoms with E-state index in [1.807, 2.05) is 20.8 Å². The van der Waals surface area contributed by atoms with Gasteiger partial charge in [0.1, 0.15) is 0 Å². The Morgan fingerprint density at radius 1 is 0.864 bits per heavy atom. The molecule has 0 aliphatic rings. The molecule has 22 heavy (non-hydrogen) atoms. The van der Waals surface area contributed by atoms with Crippen LogP contribution in [-0.2, 0) is 0 Å². The van der Waals surface area contributed by atoms with E-state index in [9.17, 15) is 0 Å². The maximum atomic E-state index is 5.70. The summed E-state index contributed by atoms with van der Waals surface area (Å²) in [6.07, 6.45) is 0. The van der Waals surface area contributed by atoms with Gasteiger partial charge in [-0.15, -0.1) is 0 Å². The van der Waals surface area contributed by atoms with Crippen molar-refractivity contribution >= 4 is 17.8 Å². The maximum absolute atomic E-state index is 5.70. The lowest BCUT2D eigenvalue weighted by Gasteiger charge is -2.21. The minimum absolute atomic E-state index is 0.139. The molecule has 0 saturated carbocycles. The third-order valence-electron chi connectivity index (χ3n) is 2.42. The average Bonchev–Trinajstić information content (AvgIpc) is 2.29. The summed E-state index contributed by atoms with van der Waals surface area (Å²) in [5.41, 5.74) is 5.83. The van der Waals surface area contributed by atoms with Crippen LogP contribution in [-0.4, -0.2) is 40.4 Å². The van der Waals surface area contributed by atoms with E-state index in [1.165, 1.54) is 0 Å². The van der Waals surface area contributed by atoms with Crippen molar-refractivity contribution in [2.24, 2.45) is 5.41 Å². The highest BCUT2D eigenvalue weighted by Gasteiger charge is 2.13. The molecule has 0 spiro atoms. The van der Waals surface area contributed by atoms with Crippen molar-refractivity contribution in [3.05, 3.63) is 0 Å². The lowest BCUT2D eigenvalue weighted by molar-refractivity contribution is 0.373. The second kappa shape index (κ2) is 7.55. The number of nitrogens with zero attached hydrogens (tertiary/aromatic N) is 3. The number of nitrogen functional groups attached to an aromatic ring is 1. The summed E-state index contributed by atoms with van der Waals surface area (Å²) in [5.74, 6) is 1.10. The van der Waals surface area contributed by atoms with Gasteiger partial charge in [0.25, 0.3) is 0 Å². The largest absolute Gasteiger partial charge is 0.368 e. The van der Waals surface area contributed by atoms with Crippen LogP contribution in [0.1, 0.15) is 41.5 Å². The Morgan fingerprint density at radius 2 is 1.50 bits per heavy atom. The van der Waals surface area contributed by atoms with Crippen LogP contribution in [0.4, 0.5) is 17.8 Å². The molecule has 1 rings (SSSR count). The smallest absolute Gasteiger partial charge is 0.230 e. The van der Waals surface area contributed by atoms with Gasteiger partial charge in [-0.2, -0.15) is 15.0 Å². The van der Waals surface area contributed by atoms with Crippen molar-refractivity contribution in [1.29, 1.82) is 0 Å². The first-order valence-corrected chi connectivity index (χ1v) is 7.50. The zero-order chi connectivity index (χ0) is 16.8. The van der Waals surface area contributed by atoms with Gasteiger partial charge in [-0.05, 0) is 26.2 Å². The van der Waals surface area contributed by atoms with Crippen molar-refractivity contribution < 1.29 is 0 Å². The molecule has 0 amide bonds. The topological polar surface area (TPSA) is 113 Å². The van der Waals surface area contributed by atoms with E-state index in [1.54, 1.807) is 0 Å². The van der Waals surface area contributed by atoms with Crippen LogP contribution in [0.2, 0.25) is 0 Å². The summed E-state index contributed by atoms with van der Waals surface area (Å²) in [6, 6.07) is 0. The molecule has 0 aromatic carbocycles. The third-order valence-corrected chi connectivity index (χ3v) is 2.42. The second-order valence-electron chi connectivity index (χ2n) is 7.48. The Balaban J connectivity index is 2.40. The molecule has 126 valence electrons. The van der Waals surface area contributed by atoms with Crippen LogP contribution < -0.4 is 27.0 Å². The van der Waals surface area contributed by atoms with Gasteiger partial charge in [0, 0.05) is 18.8 Å². The predicted molar refractivity (Wildman–Crippen MR) is 91.6 cm³/mol. The minimum Gasteiger partial charge on any atom is -0.368 e. The predicted octanol–water partition coefficient (Wildman–Crippen LogP) is 1.22. The van der Waals surface area contributed by atoms with E-state index < -0.39 is 0 Å². The molecule has 6 N–H and O–H groups in total. The first-order chi connectivity index (χ1) is 10.1. The van der Waals surface area contributed by atoms with Gasteiger partial charge in [-0.3, -0.25) is 5.32 Å². The first kappa shape index (κ1) is 18.4. The minimum atomic E-state index is -0.139. The molecule has 0 bridgehead atoms. The van der Waals surface area contributed by atoms with Gasteiger partial charge >= 0.3 is 0 Å². The Kier molecular flexibility index (Phi) is 6.31. The first-order valence-electron chi connectivity index (χ1n) is 7.50. The van der Waals surface area contributed by atoms with E-state index in [4.69, 9.17) is 5.73 Å². The maximum Gasteiger partial charge on any atom is 0.230 e. The summed E-state index contributed by atoms with van der Waals surface area (Å²) in [7, 11) is 0. The zero-order valence-electron chi connectivity index (χ0n) is 14.5. The zero-order valence-corrected chi connectivity index (χ0v) is 14.5. The van der Waals surface area contributed by atoms with Gasteiger partial charge in [0.15, 0.2) is 0 Å². The van der Waals surface area contributed by atoms with Crippen LogP contribution >= 0.6 is 0 Å². The Morgan fingerprint density at radius 3 is 2.09 bits per heavy atom. The summed E-state index contributed by atoms with van der Waals surface area (Å²) in [4.78, 5) is 12.4. The fourth-order valence-electron chi connectivity index (χ4n) is 1.59. The van der Waals surface area contributed by atoms with Crippen LogP contribution in [0.15, 0.2) is 0 Å². The molecule has 0 radical (unpaired) electrons. The molecule has 0 aliphatic heterocycles. The second-order valence-corrected chi connectivity index (χ2v) is 7.48. The molecular weight excluding hydrogens is 280 g/mol. The molecule has 1 aromatic rings. The molecule has 8 heteroatoms. The van der Waals surface area contributed by atoms with Crippen molar-refractivity contribution in [3.63, 3.8) is 0 Å². The number of hydrogen-bond acceptors (Lipinski definition) is 8. The normalized spacial score (nSPS) is 12.3. The SMILES string of the molecule is CC(C)(C)CNCNCNc1nc(N)nc(NC(C)(C)C)n1. The average molecular weight is 310 g/mol. The number of nitrogens with two attached hydrogens (primary N) is 1. The van der Waals surface area contributed by atoms with Crippen LogP contribution in [0.5, 0.6) is 0 Å². The molecule has 0 saturated heterocycles. The summed E-state index contributed by atoms with van der Waals surface area (Å²) in [6.45, 7) is 14.8. The molecular formula is C14H30N8. The quantitative estimate of drug-likeness (QED) is 0.377. The number of anilines is 3. The van der Waals surface area contributed by atoms with Crippen molar-refractivity contribution in [2.75, 3.05) is 36.2 Å². The molecule has 0 aliphatic carbocycles. The fraction of sp³-hybridized carbons (Fsp3) is 0.786. The van der Waals surface area contributed by atoms with Crippen LogP contribution in [0.25, 0.3) is 0 Å². The van der Waals surface area contributed by atoms with E-state index in [0.717, 1.165) is 6.54 Å². The molecule has 0 atom stereocenters. The van der Waals surface area contributed by atoms with Crippen LogP contribution in [0.3, 0.4) is 0 Å². The van der Waals surface area contributed by atoms with Gasteiger partial charge < -0.3 is 21.7 Å². The van der Waals surface area contributed by atoms with E-state index in [0.29, 0.717) is 25.2 Å². The number of nitrogens with one attached hydrogen (secondary N) is 4. The van der Waals surface area contributed by atoms with Gasteiger partial charge in [-0.25, -0.2) is 0 Å². The highest BCUT2D eigenvalue weighted by Crippen LogP contribution is 2.12. The Bertz CT molecular complexity index is 461. The van der Waals surface area contributed by atoms with E-state index >= 15 is 0 Å². The molecule has 8 nitrogen and oxygen atoms in total. The van der Waals surface area contributed by atoms with E-state index in [2.05, 4.69) is 57.0 Å². The standard InChI is InChI=1S/C14H30N8/c1-13(2,3)7-16-8-17-9-18-11-19-10(15)20-12(21-11)22-14(4,5)6/h16-17H,7-9H2,1-6H3,(H4,15,18,19,20,21,22). The number of hydrogen-bond donors (Lipinski definition) is 5. The summed E-state index contributed by atoms with van der Waals surface area (Å²) >= 11 is 0. The molecule has 0 unspecified atom stereocenters. The van der Waals surface area contributed by atoms with Crippen molar-refractivity contribution in [2.45, 2.75) is 47.1 Å². The number of aromatic nitrogens is 3. The van der Waals surface area contributed by atoms with Crippen molar-refractivity contribution in [1.82, 2.24) is 25.6 Å². The highest BCUT2D eigenvalue weighted by atomic mass is 15.3. The monoisotopic (exact) mass is 310 g/mol. The lowest BCUT2D eigenvalue weighted by atomic mass is 9.97. The summed E-state index contributed by atoms with van der Waals surface area (Å²) < 4.78 is 0. The van der Waals surface area contributed by atoms with Gasteiger partial charge in [-0.1, -0.05) is 20.8 Å². The fourth-order valence-corrected chi connectivity index (χ4v) is 1.59. The highest BCUT2D eigenvalue weighted by molar-refractivity contribution is 5.40. The molecule has 1 heterocycles. The summed E-state index contributed by atoms with van der Waals surface area (Å²) in [5, 5.41) is 12.8. The molecule has 1 aromatic heterocycles. The Hall–Kier alpha value is -1.67. The van der Waals surface area contributed by atoms with Gasteiger partial charge in [0.05, 0.1) is 6.67 Å². The van der Waals surface area contributed by atoms with E-state index in [-0.39, 0.29) is 16.9 Å². The van der Waals surface area contributed by atoms with Crippen molar-refractivity contribution in [3.8, 4) is 0 Å². The Labute approximate surface area is 133 Å². The lowest BCUT2D eigenvalue weighted by Crippen LogP contribution is -2.37. The third kappa shape index (κ3) is 8.58. The van der Waals surface area contributed by atoms with Gasteiger partial charge in [0.2, 0.25) is 17.8 Å².